The molecule has 166 valence electrons. The molecule has 1 fully saturated rings. The third-order valence-corrected chi connectivity index (χ3v) is 5.25. The first-order chi connectivity index (χ1) is 15.0. The molecular formula is C22H29N5O4. The lowest BCUT2D eigenvalue weighted by Gasteiger charge is -2.15. The number of nitrogen functional groups attached to an aromatic ring is 1. The van der Waals surface area contributed by atoms with Crippen molar-refractivity contribution in [2.45, 2.75) is 46.4 Å². The van der Waals surface area contributed by atoms with E-state index >= 15 is 0 Å². The number of aromatic nitrogens is 3. The highest BCUT2D eigenvalue weighted by Gasteiger charge is 2.25. The zero-order valence-electron chi connectivity index (χ0n) is 18.3. The van der Waals surface area contributed by atoms with Gasteiger partial charge in [0, 0.05) is 30.8 Å². The normalized spacial score (nSPS) is 14.3. The highest BCUT2D eigenvalue weighted by molar-refractivity contribution is 6.08. The molecule has 0 saturated carbocycles. The van der Waals surface area contributed by atoms with Gasteiger partial charge in [-0.2, -0.15) is 0 Å². The maximum Gasteiger partial charge on any atom is 0.414 e. The number of cyclic esters (lactones) is 1. The maximum absolute atomic E-state index is 12.0. The Hall–Kier alpha value is -2.91. The Labute approximate surface area is 181 Å². The number of carbonyl (C=O) groups is 1. The van der Waals surface area contributed by atoms with Crippen molar-refractivity contribution in [1.82, 2.24) is 14.5 Å². The molecule has 0 spiro atoms. The van der Waals surface area contributed by atoms with Crippen LogP contribution >= 0.6 is 0 Å². The highest BCUT2D eigenvalue weighted by atomic mass is 16.6. The number of nitrogens with zero attached hydrogens (tertiary/aromatic N) is 4. The van der Waals surface area contributed by atoms with Crippen LogP contribution in [0.5, 0.6) is 0 Å². The monoisotopic (exact) mass is 427 g/mol. The van der Waals surface area contributed by atoms with Crippen molar-refractivity contribution in [3.8, 4) is 0 Å². The second-order valence-corrected chi connectivity index (χ2v) is 7.75. The number of nitrogens with two attached hydrogens (primary N) is 1. The lowest BCUT2D eigenvalue weighted by atomic mass is 10.1. The number of hydrogen-bond acceptors (Lipinski definition) is 7. The zero-order valence-corrected chi connectivity index (χ0v) is 18.3. The molecule has 1 saturated heterocycles. The van der Waals surface area contributed by atoms with Crippen LogP contribution in [-0.4, -0.2) is 53.1 Å². The van der Waals surface area contributed by atoms with Crippen molar-refractivity contribution in [3.63, 3.8) is 0 Å². The number of fused-ring (bicyclic) bond motifs is 3. The summed E-state index contributed by atoms with van der Waals surface area (Å²) in [6, 6.07) is 5.76. The lowest BCUT2D eigenvalue weighted by molar-refractivity contribution is 0.0742. The predicted molar refractivity (Wildman–Crippen MR) is 119 cm³/mol. The van der Waals surface area contributed by atoms with E-state index in [0.29, 0.717) is 49.8 Å². The van der Waals surface area contributed by atoms with Crippen LogP contribution in [0, 0.1) is 0 Å². The minimum atomic E-state index is -0.345. The van der Waals surface area contributed by atoms with E-state index in [4.69, 9.17) is 24.9 Å². The summed E-state index contributed by atoms with van der Waals surface area (Å²) in [6.45, 7) is 9.31. The topological polar surface area (TPSA) is 105 Å². The Morgan fingerprint density at radius 2 is 2.13 bits per heavy atom. The first-order valence-electron chi connectivity index (χ1n) is 10.7. The van der Waals surface area contributed by atoms with Crippen LogP contribution in [0.25, 0.3) is 21.9 Å². The number of aryl methyl sites for hydroxylation is 1. The molecule has 31 heavy (non-hydrogen) atoms. The van der Waals surface area contributed by atoms with E-state index in [-0.39, 0.29) is 12.2 Å². The van der Waals surface area contributed by atoms with Crippen molar-refractivity contribution in [2.75, 3.05) is 37.0 Å². The average molecular weight is 428 g/mol. The summed E-state index contributed by atoms with van der Waals surface area (Å²) < 4.78 is 18.6. The van der Waals surface area contributed by atoms with E-state index < -0.39 is 0 Å². The zero-order chi connectivity index (χ0) is 22.0. The number of imidazole rings is 1. The number of benzene rings is 1. The Bertz CT molecular complexity index is 1090. The number of ether oxygens (including phenoxy) is 3. The fourth-order valence-electron chi connectivity index (χ4n) is 3.83. The van der Waals surface area contributed by atoms with E-state index in [0.717, 1.165) is 35.4 Å². The highest BCUT2D eigenvalue weighted by Crippen LogP contribution is 2.32. The predicted octanol–water partition coefficient (Wildman–Crippen LogP) is 3.47. The minimum Gasteiger partial charge on any atom is -0.447 e. The van der Waals surface area contributed by atoms with E-state index in [2.05, 4.69) is 9.55 Å². The quantitative estimate of drug-likeness (QED) is 0.521. The van der Waals surface area contributed by atoms with Crippen LogP contribution in [0.4, 0.5) is 16.3 Å². The average Bonchev–Trinajstić information content (AvgIpc) is 3.33. The van der Waals surface area contributed by atoms with Crippen LogP contribution < -0.4 is 10.6 Å². The van der Waals surface area contributed by atoms with Gasteiger partial charge in [-0.25, -0.2) is 14.8 Å². The smallest absolute Gasteiger partial charge is 0.414 e. The van der Waals surface area contributed by atoms with Crippen LogP contribution in [-0.2, 0) is 27.4 Å². The van der Waals surface area contributed by atoms with Gasteiger partial charge in [0.15, 0.2) is 5.82 Å². The molecule has 1 aliphatic heterocycles. The van der Waals surface area contributed by atoms with Crippen molar-refractivity contribution in [1.29, 1.82) is 0 Å². The summed E-state index contributed by atoms with van der Waals surface area (Å²) in [5.74, 6) is 1.17. The van der Waals surface area contributed by atoms with Crippen molar-refractivity contribution in [3.05, 3.63) is 24.0 Å². The molecule has 2 aromatic heterocycles. The summed E-state index contributed by atoms with van der Waals surface area (Å²) in [4.78, 5) is 22.9. The Morgan fingerprint density at radius 3 is 2.84 bits per heavy atom. The number of pyridine rings is 1. The van der Waals surface area contributed by atoms with Crippen LogP contribution in [0.15, 0.2) is 18.2 Å². The van der Waals surface area contributed by atoms with Crippen molar-refractivity contribution in [2.24, 2.45) is 0 Å². The van der Waals surface area contributed by atoms with Crippen LogP contribution in [0.3, 0.4) is 0 Å². The third kappa shape index (κ3) is 4.28. The summed E-state index contributed by atoms with van der Waals surface area (Å²) in [7, 11) is 0. The number of carbonyl (C=O) groups excluding carboxylic acids is 1. The molecule has 0 bridgehead atoms. The molecule has 0 radical (unpaired) electrons. The number of amides is 1. The molecule has 1 amide bonds. The largest absolute Gasteiger partial charge is 0.447 e. The van der Waals surface area contributed by atoms with Gasteiger partial charge in [0.2, 0.25) is 0 Å². The van der Waals surface area contributed by atoms with Crippen molar-refractivity contribution < 1.29 is 19.0 Å². The molecule has 9 heteroatoms. The maximum atomic E-state index is 12.0. The summed E-state index contributed by atoms with van der Waals surface area (Å²) in [5, 5.41) is 0.931. The first-order valence-corrected chi connectivity index (χ1v) is 10.7. The standard InChI is InChI=1S/C22H29N5O4/c1-4-29-13-18-25-19-20(27(18)8-5-10-30-14(2)3)16-7-6-15(12-17(16)24-21(19)23)26-9-11-31-22(26)28/h6-7,12,14H,4-5,8-11,13H2,1-3H3,(H2,23,24). The SMILES string of the molecule is CCOCc1nc2c(N)nc3cc(N4CCOC4=O)ccc3c2n1CCCOC(C)C. The van der Waals surface area contributed by atoms with Gasteiger partial charge >= 0.3 is 6.09 Å². The fraction of sp³-hybridized carbons (Fsp3) is 0.500. The second-order valence-electron chi connectivity index (χ2n) is 7.75. The van der Waals surface area contributed by atoms with Gasteiger partial charge in [-0.3, -0.25) is 4.90 Å². The number of hydrogen-bond donors (Lipinski definition) is 1. The Morgan fingerprint density at radius 1 is 1.29 bits per heavy atom. The van der Waals surface area contributed by atoms with E-state index in [1.807, 2.05) is 39.0 Å². The summed E-state index contributed by atoms with van der Waals surface area (Å²) in [6.07, 6.45) is 0.686. The van der Waals surface area contributed by atoms with Gasteiger partial charge in [-0.1, -0.05) is 0 Å². The Kier molecular flexibility index (Phi) is 6.24. The van der Waals surface area contributed by atoms with Gasteiger partial charge in [-0.15, -0.1) is 0 Å². The molecule has 3 heterocycles. The lowest BCUT2D eigenvalue weighted by Crippen LogP contribution is -2.23. The molecule has 9 nitrogen and oxygen atoms in total. The van der Waals surface area contributed by atoms with E-state index in [9.17, 15) is 4.79 Å². The molecule has 0 atom stereocenters. The molecule has 1 aromatic carbocycles. The van der Waals surface area contributed by atoms with Gasteiger partial charge in [0.25, 0.3) is 0 Å². The summed E-state index contributed by atoms with van der Waals surface area (Å²) >= 11 is 0. The van der Waals surface area contributed by atoms with Gasteiger partial charge < -0.3 is 24.5 Å². The molecule has 1 aliphatic rings. The van der Waals surface area contributed by atoms with Gasteiger partial charge in [0.05, 0.1) is 23.7 Å². The molecule has 2 N–H and O–H groups in total. The van der Waals surface area contributed by atoms with Gasteiger partial charge in [-0.05, 0) is 45.4 Å². The second kappa shape index (κ2) is 9.07. The van der Waals surface area contributed by atoms with Crippen LogP contribution in [0.2, 0.25) is 0 Å². The van der Waals surface area contributed by atoms with E-state index in [1.54, 1.807) is 4.90 Å². The number of anilines is 2. The number of rotatable bonds is 9. The van der Waals surface area contributed by atoms with Gasteiger partial charge in [0.1, 0.15) is 24.6 Å². The first kappa shape index (κ1) is 21.3. The fourth-order valence-corrected chi connectivity index (χ4v) is 3.83. The van der Waals surface area contributed by atoms with Crippen LogP contribution in [0.1, 0.15) is 33.0 Å². The molecular weight excluding hydrogens is 398 g/mol. The minimum absolute atomic E-state index is 0.193. The van der Waals surface area contributed by atoms with E-state index in [1.165, 1.54) is 0 Å². The third-order valence-electron chi connectivity index (χ3n) is 5.25. The van der Waals surface area contributed by atoms with Crippen molar-refractivity contribution >= 4 is 39.5 Å². The molecule has 4 rings (SSSR count). The molecule has 0 unspecified atom stereocenters. The molecule has 3 aromatic rings. The summed E-state index contributed by atoms with van der Waals surface area (Å²) in [5.41, 5.74) is 9.35. The Balaban J connectivity index is 1.78. The molecule has 0 aliphatic carbocycles.